The minimum atomic E-state index is -0.706. The molecule has 19 heavy (non-hydrogen) atoms. The van der Waals surface area contributed by atoms with Crippen LogP contribution in [0.2, 0.25) is 0 Å². The number of benzene rings is 1. The zero-order chi connectivity index (χ0) is 13.8. The second kappa shape index (κ2) is 5.56. The quantitative estimate of drug-likeness (QED) is 0.864. The van der Waals surface area contributed by atoms with E-state index in [0.717, 1.165) is 5.56 Å². The molecule has 0 fully saturated rings. The van der Waals surface area contributed by atoms with Crippen molar-refractivity contribution in [2.75, 3.05) is 0 Å². The number of carbonyl (C=O) groups excluding carboxylic acids is 1. The SMILES string of the molecule is CC(NC(=O)c1cccc(F)n1)c1ccc(F)cc1. The van der Waals surface area contributed by atoms with Gasteiger partial charge < -0.3 is 5.32 Å². The van der Waals surface area contributed by atoms with Gasteiger partial charge in [0.05, 0.1) is 6.04 Å². The Morgan fingerprint density at radius 1 is 1.16 bits per heavy atom. The molecule has 0 spiro atoms. The van der Waals surface area contributed by atoms with Gasteiger partial charge in [0, 0.05) is 0 Å². The van der Waals surface area contributed by atoms with Gasteiger partial charge in [0.1, 0.15) is 11.5 Å². The maximum absolute atomic E-state index is 12.9. The van der Waals surface area contributed by atoms with E-state index in [-0.39, 0.29) is 17.6 Å². The van der Waals surface area contributed by atoms with Crippen molar-refractivity contribution >= 4 is 5.91 Å². The molecule has 0 saturated heterocycles. The van der Waals surface area contributed by atoms with Crippen LogP contribution in [0.5, 0.6) is 0 Å². The van der Waals surface area contributed by atoms with Gasteiger partial charge in [-0.1, -0.05) is 18.2 Å². The molecule has 1 amide bonds. The highest BCUT2D eigenvalue weighted by Crippen LogP contribution is 2.13. The van der Waals surface area contributed by atoms with Crippen molar-refractivity contribution in [3.63, 3.8) is 0 Å². The molecule has 0 aliphatic rings. The lowest BCUT2D eigenvalue weighted by Gasteiger charge is -2.13. The summed E-state index contributed by atoms with van der Waals surface area (Å²) >= 11 is 0. The summed E-state index contributed by atoms with van der Waals surface area (Å²) in [5.74, 6) is -1.52. The van der Waals surface area contributed by atoms with E-state index >= 15 is 0 Å². The summed E-state index contributed by atoms with van der Waals surface area (Å²) in [5.41, 5.74) is 0.764. The number of carbonyl (C=O) groups is 1. The average molecular weight is 262 g/mol. The number of pyridine rings is 1. The smallest absolute Gasteiger partial charge is 0.270 e. The van der Waals surface area contributed by atoms with Crippen LogP contribution >= 0.6 is 0 Å². The average Bonchev–Trinajstić information content (AvgIpc) is 2.39. The maximum Gasteiger partial charge on any atom is 0.270 e. The van der Waals surface area contributed by atoms with Gasteiger partial charge in [0.15, 0.2) is 0 Å². The Labute approximate surface area is 109 Å². The highest BCUT2D eigenvalue weighted by atomic mass is 19.1. The van der Waals surface area contributed by atoms with E-state index in [2.05, 4.69) is 10.3 Å². The second-order valence-corrected chi connectivity index (χ2v) is 4.09. The fourth-order valence-corrected chi connectivity index (χ4v) is 1.64. The molecule has 98 valence electrons. The zero-order valence-corrected chi connectivity index (χ0v) is 10.2. The zero-order valence-electron chi connectivity index (χ0n) is 10.2. The van der Waals surface area contributed by atoms with Crippen molar-refractivity contribution in [3.8, 4) is 0 Å². The lowest BCUT2D eigenvalue weighted by atomic mass is 10.1. The first-order valence-electron chi connectivity index (χ1n) is 5.75. The molecular formula is C14H12F2N2O. The third kappa shape index (κ3) is 3.34. The summed E-state index contributed by atoms with van der Waals surface area (Å²) in [6.07, 6.45) is 0. The van der Waals surface area contributed by atoms with Crippen molar-refractivity contribution in [2.45, 2.75) is 13.0 Å². The normalized spacial score (nSPS) is 11.9. The molecule has 1 unspecified atom stereocenters. The van der Waals surface area contributed by atoms with Gasteiger partial charge in [-0.3, -0.25) is 4.79 Å². The Morgan fingerprint density at radius 3 is 2.47 bits per heavy atom. The summed E-state index contributed by atoms with van der Waals surface area (Å²) in [7, 11) is 0. The number of halogens is 2. The summed E-state index contributed by atoms with van der Waals surface area (Å²) < 4.78 is 25.7. The minimum Gasteiger partial charge on any atom is -0.344 e. The number of nitrogens with zero attached hydrogens (tertiary/aromatic N) is 1. The number of hydrogen-bond acceptors (Lipinski definition) is 2. The third-order valence-electron chi connectivity index (χ3n) is 2.67. The topological polar surface area (TPSA) is 42.0 Å². The summed E-state index contributed by atoms with van der Waals surface area (Å²) in [6.45, 7) is 1.75. The minimum absolute atomic E-state index is 0.00830. The molecule has 0 saturated carbocycles. The van der Waals surface area contributed by atoms with Crippen molar-refractivity contribution in [2.24, 2.45) is 0 Å². The van der Waals surface area contributed by atoms with Gasteiger partial charge in [0.25, 0.3) is 5.91 Å². The van der Waals surface area contributed by atoms with Crippen LogP contribution in [0, 0.1) is 11.8 Å². The predicted octanol–water partition coefficient (Wildman–Crippen LogP) is 2.85. The molecule has 2 aromatic rings. The van der Waals surface area contributed by atoms with Crippen LogP contribution in [-0.2, 0) is 0 Å². The summed E-state index contributed by atoms with van der Waals surface area (Å²) in [4.78, 5) is 15.3. The largest absolute Gasteiger partial charge is 0.344 e. The Hall–Kier alpha value is -2.30. The molecule has 0 aliphatic heterocycles. The fourth-order valence-electron chi connectivity index (χ4n) is 1.64. The van der Waals surface area contributed by atoms with Crippen LogP contribution in [0.25, 0.3) is 0 Å². The van der Waals surface area contributed by atoms with Crippen LogP contribution in [0.1, 0.15) is 29.0 Å². The predicted molar refractivity (Wildman–Crippen MR) is 66.5 cm³/mol. The molecule has 0 radical (unpaired) electrons. The number of nitrogens with one attached hydrogen (secondary N) is 1. The van der Waals surface area contributed by atoms with Gasteiger partial charge in [-0.05, 0) is 36.8 Å². The molecule has 1 atom stereocenters. The maximum atomic E-state index is 12.9. The highest BCUT2D eigenvalue weighted by molar-refractivity contribution is 5.92. The third-order valence-corrected chi connectivity index (χ3v) is 2.67. The van der Waals surface area contributed by atoms with E-state index in [1.54, 1.807) is 19.1 Å². The van der Waals surface area contributed by atoms with E-state index in [1.165, 1.54) is 30.3 Å². The van der Waals surface area contributed by atoms with Crippen LogP contribution in [0.4, 0.5) is 8.78 Å². The van der Waals surface area contributed by atoms with Gasteiger partial charge >= 0.3 is 0 Å². The van der Waals surface area contributed by atoms with Crippen molar-refractivity contribution < 1.29 is 13.6 Å². The molecule has 3 nitrogen and oxygen atoms in total. The first-order chi connectivity index (χ1) is 9.06. The Morgan fingerprint density at radius 2 is 1.84 bits per heavy atom. The summed E-state index contributed by atoms with van der Waals surface area (Å²) in [6, 6.07) is 9.49. The second-order valence-electron chi connectivity index (χ2n) is 4.09. The highest BCUT2D eigenvalue weighted by Gasteiger charge is 2.13. The van der Waals surface area contributed by atoms with Crippen LogP contribution in [0.15, 0.2) is 42.5 Å². The van der Waals surface area contributed by atoms with Crippen molar-refractivity contribution in [3.05, 3.63) is 65.5 Å². The van der Waals surface area contributed by atoms with E-state index in [9.17, 15) is 13.6 Å². The fraction of sp³-hybridized carbons (Fsp3) is 0.143. The Bertz CT molecular complexity index is 584. The van der Waals surface area contributed by atoms with E-state index in [4.69, 9.17) is 0 Å². The first-order valence-corrected chi connectivity index (χ1v) is 5.75. The van der Waals surface area contributed by atoms with Crippen molar-refractivity contribution in [1.82, 2.24) is 10.3 Å². The molecule has 5 heteroatoms. The molecular weight excluding hydrogens is 250 g/mol. The monoisotopic (exact) mass is 262 g/mol. The number of amides is 1. The number of rotatable bonds is 3. The van der Waals surface area contributed by atoms with Crippen LogP contribution in [-0.4, -0.2) is 10.9 Å². The first kappa shape index (κ1) is 13.1. The lowest BCUT2D eigenvalue weighted by Crippen LogP contribution is -2.27. The molecule has 1 aromatic heterocycles. The molecule has 1 N–H and O–H groups in total. The number of aromatic nitrogens is 1. The van der Waals surface area contributed by atoms with E-state index in [0.29, 0.717) is 0 Å². The summed E-state index contributed by atoms with van der Waals surface area (Å²) in [5, 5.41) is 2.67. The van der Waals surface area contributed by atoms with Crippen LogP contribution in [0.3, 0.4) is 0 Å². The van der Waals surface area contributed by atoms with Gasteiger partial charge in [-0.2, -0.15) is 4.39 Å². The van der Waals surface area contributed by atoms with Crippen molar-refractivity contribution in [1.29, 1.82) is 0 Å². The molecule has 0 bridgehead atoms. The Kier molecular flexibility index (Phi) is 3.85. The van der Waals surface area contributed by atoms with Gasteiger partial charge in [-0.15, -0.1) is 0 Å². The molecule has 1 aromatic carbocycles. The molecule has 2 rings (SSSR count). The standard InChI is InChI=1S/C14H12F2N2O/c1-9(10-5-7-11(15)8-6-10)17-14(19)12-3-2-4-13(16)18-12/h2-9H,1H3,(H,17,19). The Balaban J connectivity index is 2.08. The van der Waals surface area contributed by atoms with E-state index in [1.807, 2.05) is 0 Å². The molecule has 1 heterocycles. The van der Waals surface area contributed by atoms with E-state index < -0.39 is 11.9 Å². The van der Waals surface area contributed by atoms with Gasteiger partial charge in [0.2, 0.25) is 5.95 Å². The molecule has 0 aliphatic carbocycles. The van der Waals surface area contributed by atoms with Crippen LogP contribution < -0.4 is 5.32 Å². The lowest BCUT2D eigenvalue weighted by molar-refractivity contribution is 0.0933. The number of hydrogen-bond donors (Lipinski definition) is 1. The van der Waals surface area contributed by atoms with Gasteiger partial charge in [-0.25, -0.2) is 9.37 Å².